The molecular weight excluding hydrogens is 488 g/mol. The summed E-state index contributed by atoms with van der Waals surface area (Å²) >= 11 is 0. The van der Waals surface area contributed by atoms with Gasteiger partial charge in [-0.1, -0.05) is 42.0 Å². The minimum atomic E-state index is -3.75. The number of nitrogens with one attached hydrogen (secondary N) is 2. The van der Waals surface area contributed by atoms with E-state index in [4.69, 9.17) is 0 Å². The Balaban J connectivity index is 1.56. The van der Waals surface area contributed by atoms with Crippen LogP contribution in [0, 0.1) is 27.7 Å². The van der Waals surface area contributed by atoms with Crippen molar-refractivity contribution < 1.29 is 13.2 Å². The molecule has 0 aliphatic heterocycles. The molecule has 1 amide bonds. The predicted molar refractivity (Wildman–Crippen MR) is 145 cm³/mol. The maximum atomic E-state index is 13.4. The van der Waals surface area contributed by atoms with Crippen LogP contribution < -0.4 is 16.2 Å². The standard InChI is InChI=1S/C28H30N4O4S/c1-18-11-14-23(15-12-18)37(35,36)27-19(2)13-16-24(20(27)3)29-17-25(33)30-26-21(4)31(5)32(28(26)34)22-9-7-6-8-10-22/h6-16,29H,17H2,1-5H3,(H,30,33). The van der Waals surface area contributed by atoms with Gasteiger partial charge in [0.05, 0.1) is 27.7 Å². The Kier molecular flexibility index (Phi) is 7.09. The summed E-state index contributed by atoms with van der Waals surface area (Å²) < 4.78 is 30.0. The molecule has 0 aliphatic carbocycles. The number of hydrogen-bond donors (Lipinski definition) is 2. The Bertz CT molecular complexity index is 1630. The highest BCUT2D eigenvalue weighted by molar-refractivity contribution is 7.91. The van der Waals surface area contributed by atoms with Crippen LogP contribution in [0.3, 0.4) is 0 Å². The van der Waals surface area contributed by atoms with Crippen molar-refractivity contribution in [2.75, 3.05) is 17.2 Å². The van der Waals surface area contributed by atoms with Gasteiger partial charge in [-0.15, -0.1) is 0 Å². The number of aromatic nitrogens is 2. The maximum absolute atomic E-state index is 13.4. The molecule has 0 bridgehead atoms. The lowest BCUT2D eigenvalue weighted by Gasteiger charge is -2.16. The fourth-order valence-electron chi connectivity index (χ4n) is 4.34. The average Bonchev–Trinajstić information content (AvgIpc) is 3.07. The van der Waals surface area contributed by atoms with E-state index in [1.54, 1.807) is 68.9 Å². The largest absolute Gasteiger partial charge is 0.376 e. The van der Waals surface area contributed by atoms with Gasteiger partial charge in [0.2, 0.25) is 15.7 Å². The minimum Gasteiger partial charge on any atom is -0.376 e. The summed E-state index contributed by atoms with van der Waals surface area (Å²) in [6, 6.07) is 19.4. The Morgan fingerprint density at radius 2 is 1.54 bits per heavy atom. The van der Waals surface area contributed by atoms with E-state index < -0.39 is 15.7 Å². The molecule has 1 aromatic heterocycles. The van der Waals surface area contributed by atoms with E-state index in [-0.39, 0.29) is 27.6 Å². The molecule has 3 aromatic carbocycles. The number of carbonyl (C=O) groups excluding carboxylic acids is 1. The number of benzene rings is 3. The summed E-state index contributed by atoms with van der Waals surface area (Å²) in [6.07, 6.45) is 0. The third-order valence-corrected chi connectivity index (χ3v) is 8.52. The Labute approximate surface area is 216 Å². The molecule has 37 heavy (non-hydrogen) atoms. The predicted octanol–water partition coefficient (Wildman–Crippen LogP) is 4.29. The smallest absolute Gasteiger partial charge is 0.295 e. The number of nitrogens with zero attached hydrogens (tertiary/aromatic N) is 2. The van der Waals surface area contributed by atoms with Crippen molar-refractivity contribution in [1.29, 1.82) is 0 Å². The molecule has 0 fully saturated rings. The molecule has 0 atom stereocenters. The van der Waals surface area contributed by atoms with Crippen LogP contribution in [-0.4, -0.2) is 30.2 Å². The molecule has 1 heterocycles. The number of amides is 1. The van der Waals surface area contributed by atoms with Crippen LogP contribution >= 0.6 is 0 Å². The van der Waals surface area contributed by atoms with Gasteiger partial charge >= 0.3 is 0 Å². The average molecular weight is 519 g/mol. The van der Waals surface area contributed by atoms with E-state index in [0.717, 1.165) is 5.56 Å². The van der Waals surface area contributed by atoms with E-state index in [1.807, 2.05) is 37.3 Å². The number of rotatable bonds is 7. The first-order valence-electron chi connectivity index (χ1n) is 11.8. The number of carbonyl (C=O) groups is 1. The van der Waals surface area contributed by atoms with Crippen molar-refractivity contribution in [1.82, 2.24) is 9.36 Å². The van der Waals surface area contributed by atoms with Gasteiger partial charge in [0.25, 0.3) is 5.56 Å². The lowest BCUT2D eigenvalue weighted by atomic mass is 10.1. The van der Waals surface area contributed by atoms with E-state index in [0.29, 0.717) is 28.2 Å². The fourth-order valence-corrected chi connectivity index (χ4v) is 6.07. The van der Waals surface area contributed by atoms with E-state index in [9.17, 15) is 18.0 Å². The van der Waals surface area contributed by atoms with Crippen LogP contribution in [0.25, 0.3) is 5.69 Å². The van der Waals surface area contributed by atoms with Gasteiger partial charge in [0, 0.05) is 12.7 Å². The van der Waals surface area contributed by atoms with E-state index >= 15 is 0 Å². The summed E-state index contributed by atoms with van der Waals surface area (Å²) in [6.45, 7) is 6.98. The van der Waals surface area contributed by atoms with Crippen LogP contribution in [0.2, 0.25) is 0 Å². The minimum absolute atomic E-state index is 0.146. The molecule has 4 rings (SSSR count). The number of aryl methyl sites for hydroxylation is 2. The monoisotopic (exact) mass is 518 g/mol. The van der Waals surface area contributed by atoms with Crippen molar-refractivity contribution in [2.45, 2.75) is 37.5 Å². The molecule has 0 radical (unpaired) electrons. The van der Waals surface area contributed by atoms with Gasteiger partial charge in [-0.25, -0.2) is 13.1 Å². The van der Waals surface area contributed by atoms with Crippen LogP contribution in [0.1, 0.15) is 22.4 Å². The van der Waals surface area contributed by atoms with Gasteiger partial charge in [-0.2, -0.15) is 0 Å². The zero-order chi connectivity index (χ0) is 26.9. The Hall–Kier alpha value is -4.11. The van der Waals surface area contributed by atoms with Crippen molar-refractivity contribution in [2.24, 2.45) is 7.05 Å². The molecule has 0 spiro atoms. The molecule has 4 aromatic rings. The third kappa shape index (κ3) is 4.95. The second kappa shape index (κ2) is 10.1. The topological polar surface area (TPSA) is 102 Å². The highest BCUT2D eigenvalue weighted by Crippen LogP contribution is 2.31. The summed E-state index contributed by atoms with van der Waals surface area (Å²) in [5, 5.41) is 5.75. The van der Waals surface area contributed by atoms with Crippen LogP contribution in [0.5, 0.6) is 0 Å². The maximum Gasteiger partial charge on any atom is 0.295 e. The molecule has 0 saturated carbocycles. The Morgan fingerprint density at radius 3 is 2.19 bits per heavy atom. The zero-order valence-electron chi connectivity index (χ0n) is 21.5. The van der Waals surface area contributed by atoms with Crippen molar-refractivity contribution in [3.05, 3.63) is 99.5 Å². The lowest BCUT2D eigenvalue weighted by Crippen LogP contribution is -2.26. The van der Waals surface area contributed by atoms with Gasteiger partial charge in [-0.3, -0.25) is 14.3 Å². The first kappa shape index (κ1) is 26.0. The van der Waals surface area contributed by atoms with Gasteiger partial charge in [-0.05, 0) is 69.2 Å². The summed E-state index contributed by atoms with van der Waals surface area (Å²) in [7, 11) is -2.00. The fraction of sp³-hybridized carbons (Fsp3) is 0.214. The van der Waals surface area contributed by atoms with Crippen molar-refractivity contribution in [3.8, 4) is 5.69 Å². The number of anilines is 2. The van der Waals surface area contributed by atoms with E-state index in [1.165, 1.54) is 4.68 Å². The number of para-hydroxylation sites is 1. The first-order chi connectivity index (χ1) is 17.5. The normalized spacial score (nSPS) is 11.4. The number of hydrogen-bond acceptors (Lipinski definition) is 5. The van der Waals surface area contributed by atoms with Crippen LogP contribution in [0.15, 0.2) is 81.3 Å². The van der Waals surface area contributed by atoms with Crippen LogP contribution in [0.4, 0.5) is 11.4 Å². The van der Waals surface area contributed by atoms with Crippen molar-refractivity contribution >= 4 is 27.1 Å². The SMILES string of the molecule is Cc1ccc(S(=O)(=O)c2c(C)ccc(NCC(=O)Nc3c(C)n(C)n(-c4ccccc4)c3=O)c2C)cc1. The lowest BCUT2D eigenvalue weighted by molar-refractivity contribution is -0.114. The summed E-state index contributed by atoms with van der Waals surface area (Å²) in [4.78, 5) is 26.3. The Morgan fingerprint density at radius 1 is 0.892 bits per heavy atom. The molecule has 2 N–H and O–H groups in total. The molecule has 9 heteroatoms. The second-order valence-corrected chi connectivity index (χ2v) is 10.9. The molecule has 0 aliphatic rings. The van der Waals surface area contributed by atoms with Gasteiger partial charge in [0.15, 0.2) is 0 Å². The third-order valence-electron chi connectivity index (χ3n) is 6.46. The highest BCUT2D eigenvalue weighted by Gasteiger charge is 2.24. The van der Waals surface area contributed by atoms with Crippen LogP contribution in [-0.2, 0) is 21.7 Å². The number of sulfone groups is 1. The van der Waals surface area contributed by atoms with Crippen molar-refractivity contribution in [3.63, 3.8) is 0 Å². The zero-order valence-corrected chi connectivity index (χ0v) is 22.3. The quantitative estimate of drug-likeness (QED) is 0.380. The van der Waals surface area contributed by atoms with Gasteiger partial charge < -0.3 is 10.6 Å². The molecular formula is C28H30N4O4S. The second-order valence-electron chi connectivity index (χ2n) is 9.04. The first-order valence-corrected chi connectivity index (χ1v) is 13.3. The highest BCUT2D eigenvalue weighted by atomic mass is 32.2. The molecule has 8 nitrogen and oxygen atoms in total. The summed E-state index contributed by atoms with van der Waals surface area (Å²) in [5.74, 6) is -0.422. The van der Waals surface area contributed by atoms with E-state index in [2.05, 4.69) is 10.6 Å². The molecule has 192 valence electrons. The molecule has 0 saturated heterocycles. The van der Waals surface area contributed by atoms with Gasteiger partial charge in [0.1, 0.15) is 5.69 Å². The summed E-state index contributed by atoms with van der Waals surface area (Å²) in [5.41, 5.74) is 3.80. The molecule has 0 unspecified atom stereocenters.